The van der Waals surface area contributed by atoms with Crippen molar-refractivity contribution in [2.24, 2.45) is 0 Å². The number of carboxylic acids is 1. The first-order valence-corrected chi connectivity index (χ1v) is 7.93. The van der Waals surface area contributed by atoms with Crippen LogP contribution in [0, 0.1) is 0 Å². The van der Waals surface area contributed by atoms with Gasteiger partial charge in [-0.3, -0.25) is 0 Å². The lowest BCUT2D eigenvalue weighted by molar-refractivity contribution is -0.131. The Balaban J connectivity index is 2.56. The van der Waals surface area contributed by atoms with Gasteiger partial charge in [0.15, 0.2) is 0 Å². The molecule has 0 aliphatic rings. The van der Waals surface area contributed by atoms with Crippen LogP contribution in [0.3, 0.4) is 0 Å². The lowest BCUT2D eigenvalue weighted by atomic mass is 9.97. The molecule has 2 aromatic rings. The maximum atomic E-state index is 11.0. The molecule has 0 aromatic heterocycles. The van der Waals surface area contributed by atoms with Gasteiger partial charge in [0.25, 0.3) is 0 Å². The summed E-state index contributed by atoms with van der Waals surface area (Å²) in [5.74, 6) is -0.981. The van der Waals surface area contributed by atoms with Gasteiger partial charge < -0.3 is 5.11 Å². The number of hydrogen-bond acceptors (Lipinski definition) is 1. The fraction of sp³-hybridized carbons (Fsp3) is 0. The molecule has 0 saturated carbocycles. The molecule has 0 bridgehead atoms. The van der Waals surface area contributed by atoms with E-state index in [1.54, 1.807) is 12.2 Å². The van der Waals surface area contributed by atoms with E-state index in [0.29, 0.717) is 0 Å². The zero-order valence-corrected chi connectivity index (χ0v) is 13.9. The van der Waals surface area contributed by atoms with E-state index in [9.17, 15) is 4.79 Å². The van der Waals surface area contributed by atoms with Gasteiger partial charge in [-0.25, -0.2) is 4.79 Å². The van der Waals surface area contributed by atoms with Crippen molar-refractivity contribution in [1.82, 2.24) is 0 Å². The lowest BCUT2D eigenvalue weighted by Crippen LogP contribution is -1.90. The Kier molecular flexibility index (Phi) is 6.95. The molecule has 0 atom stereocenters. The predicted octanol–water partition coefficient (Wildman–Crippen LogP) is 5.54. The van der Waals surface area contributed by atoms with Gasteiger partial charge in [-0.05, 0) is 28.3 Å². The van der Waals surface area contributed by atoms with Crippen LogP contribution < -0.4 is 0 Å². The molecule has 0 radical (unpaired) electrons. The quantitative estimate of drug-likeness (QED) is 0.535. The summed E-state index contributed by atoms with van der Waals surface area (Å²) in [7, 11) is 0. The number of carboxylic acid groups (broad SMARTS) is 1. The summed E-state index contributed by atoms with van der Waals surface area (Å²) >= 11 is 0. The minimum absolute atomic E-state index is 0.801. The van der Waals surface area contributed by atoms with E-state index in [0.717, 1.165) is 28.3 Å². The van der Waals surface area contributed by atoms with Gasteiger partial charge >= 0.3 is 5.97 Å². The van der Waals surface area contributed by atoms with E-state index in [4.69, 9.17) is 5.11 Å². The molecule has 0 aliphatic heterocycles. The SMILES string of the molecule is C=CC=CC(=C(C=CC(=O)O)C=Cc1ccccc1)c1ccccc1. The van der Waals surface area contributed by atoms with Crippen molar-refractivity contribution < 1.29 is 9.90 Å². The molecule has 2 aromatic carbocycles. The fourth-order valence-electron chi connectivity index (χ4n) is 2.29. The first kappa shape index (κ1) is 18.0. The monoisotopic (exact) mass is 328 g/mol. The highest BCUT2D eigenvalue weighted by Crippen LogP contribution is 2.23. The highest BCUT2D eigenvalue weighted by molar-refractivity contribution is 5.85. The molecule has 2 rings (SSSR count). The largest absolute Gasteiger partial charge is 0.478 e. The highest BCUT2D eigenvalue weighted by Gasteiger charge is 2.03. The summed E-state index contributed by atoms with van der Waals surface area (Å²) in [6.07, 6.45) is 12.1. The molecule has 0 heterocycles. The van der Waals surface area contributed by atoms with Crippen molar-refractivity contribution in [3.63, 3.8) is 0 Å². The second kappa shape index (κ2) is 9.68. The smallest absolute Gasteiger partial charge is 0.328 e. The van der Waals surface area contributed by atoms with Gasteiger partial charge in [0, 0.05) is 6.08 Å². The van der Waals surface area contributed by atoms with Crippen LogP contribution in [0.5, 0.6) is 0 Å². The third-order valence-corrected chi connectivity index (χ3v) is 3.46. The number of aliphatic carboxylic acids is 1. The van der Waals surface area contributed by atoms with Gasteiger partial charge in [0.05, 0.1) is 0 Å². The third kappa shape index (κ3) is 5.96. The second-order valence-electron chi connectivity index (χ2n) is 5.25. The van der Waals surface area contributed by atoms with Gasteiger partial charge in [-0.15, -0.1) is 0 Å². The Morgan fingerprint density at radius 3 is 2.08 bits per heavy atom. The molecular weight excluding hydrogens is 308 g/mol. The van der Waals surface area contributed by atoms with Gasteiger partial charge in [-0.1, -0.05) is 97.6 Å². The van der Waals surface area contributed by atoms with E-state index in [1.807, 2.05) is 85.0 Å². The number of hydrogen-bond donors (Lipinski definition) is 1. The zero-order valence-electron chi connectivity index (χ0n) is 13.9. The first-order chi connectivity index (χ1) is 12.2. The molecule has 0 fully saturated rings. The molecule has 124 valence electrons. The molecule has 0 amide bonds. The van der Waals surface area contributed by atoms with Crippen LogP contribution in [-0.2, 0) is 4.79 Å². The number of benzene rings is 2. The van der Waals surface area contributed by atoms with E-state index in [2.05, 4.69) is 6.58 Å². The van der Waals surface area contributed by atoms with E-state index < -0.39 is 5.97 Å². The Bertz CT molecular complexity index is 823. The molecule has 1 N–H and O–H groups in total. The van der Waals surface area contributed by atoms with Crippen molar-refractivity contribution in [1.29, 1.82) is 0 Å². The fourth-order valence-corrected chi connectivity index (χ4v) is 2.29. The van der Waals surface area contributed by atoms with Crippen molar-refractivity contribution in [3.8, 4) is 0 Å². The third-order valence-electron chi connectivity index (χ3n) is 3.46. The Morgan fingerprint density at radius 1 is 0.840 bits per heavy atom. The number of allylic oxidation sites excluding steroid dienone is 7. The van der Waals surface area contributed by atoms with Crippen molar-refractivity contribution in [2.45, 2.75) is 0 Å². The summed E-state index contributed by atoms with van der Waals surface area (Å²) in [6.45, 7) is 3.71. The van der Waals surface area contributed by atoms with Crippen LogP contribution in [0.15, 0.2) is 109 Å². The topological polar surface area (TPSA) is 37.3 Å². The Labute approximate surface area is 148 Å². The second-order valence-corrected chi connectivity index (χ2v) is 5.25. The Morgan fingerprint density at radius 2 is 1.48 bits per heavy atom. The van der Waals surface area contributed by atoms with Crippen LogP contribution in [0.1, 0.15) is 11.1 Å². The van der Waals surface area contributed by atoms with E-state index in [-0.39, 0.29) is 0 Å². The molecule has 0 spiro atoms. The summed E-state index contributed by atoms with van der Waals surface area (Å²) in [6, 6.07) is 19.7. The van der Waals surface area contributed by atoms with Crippen LogP contribution in [0.25, 0.3) is 11.6 Å². The molecular formula is C23H20O2. The minimum Gasteiger partial charge on any atom is -0.478 e. The van der Waals surface area contributed by atoms with Crippen molar-refractivity contribution in [3.05, 3.63) is 120 Å². The molecule has 2 nitrogen and oxygen atoms in total. The highest BCUT2D eigenvalue weighted by atomic mass is 16.4. The first-order valence-electron chi connectivity index (χ1n) is 7.93. The standard InChI is InChI=1S/C23H20O2/c1-2-3-14-22(20-12-8-5-9-13-20)21(17-18-23(24)25)16-15-19-10-6-4-7-11-19/h2-18H,1H2,(H,24,25). The van der Waals surface area contributed by atoms with Crippen molar-refractivity contribution in [2.75, 3.05) is 0 Å². The molecule has 25 heavy (non-hydrogen) atoms. The van der Waals surface area contributed by atoms with Gasteiger partial charge in [-0.2, -0.15) is 0 Å². The summed E-state index contributed by atoms with van der Waals surface area (Å²) in [5, 5.41) is 9.01. The van der Waals surface area contributed by atoms with Crippen LogP contribution in [0.4, 0.5) is 0 Å². The van der Waals surface area contributed by atoms with Gasteiger partial charge in [0.2, 0.25) is 0 Å². The van der Waals surface area contributed by atoms with Crippen LogP contribution >= 0.6 is 0 Å². The minimum atomic E-state index is -0.981. The molecule has 2 heteroatoms. The van der Waals surface area contributed by atoms with E-state index >= 15 is 0 Å². The maximum absolute atomic E-state index is 11.0. The number of rotatable bonds is 7. The summed E-state index contributed by atoms with van der Waals surface area (Å²) in [5.41, 5.74) is 3.77. The van der Waals surface area contributed by atoms with Crippen LogP contribution in [-0.4, -0.2) is 11.1 Å². The van der Waals surface area contributed by atoms with Crippen molar-refractivity contribution >= 4 is 17.6 Å². The lowest BCUT2D eigenvalue weighted by Gasteiger charge is -2.07. The van der Waals surface area contributed by atoms with Gasteiger partial charge in [0.1, 0.15) is 0 Å². The van der Waals surface area contributed by atoms with Crippen LogP contribution in [0.2, 0.25) is 0 Å². The molecule has 0 unspecified atom stereocenters. The maximum Gasteiger partial charge on any atom is 0.328 e. The normalized spacial score (nSPS) is 12.6. The molecule has 0 aliphatic carbocycles. The average Bonchev–Trinajstić information content (AvgIpc) is 2.65. The number of carbonyl (C=O) groups is 1. The summed E-state index contributed by atoms with van der Waals surface area (Å²) < 4.78 is 0. The van der Waals surface area contributed by atoms with E-state index in [1.165, 1.54) is 0 Å². The average molecular weight is 328 g/mol. The molecule has 0 saturated heterocycles. The Hall–Kier alpha value is -3.39. The predicted molar refractivity (Wildman–Crippen MR) is 105 cm³/mol. The zero-order chi connectivity index (χ0) is 17.9. The summed E-state index contributed by atoms with van der Waals surface area (Å²) in [4.78, 5) is 11.0.